The second kappa shape index (κ2) is 9.73. The lowest BCUT2D eigenvalue weighted by molar-refractivity contribution is -0.125. The number of carbonyl (C=O) groups is 1. The van der Waals surface area contributed by atoms with Gasteiger partial charge in [0.25, 0.3) is 5.91 Å². The Morgan fingerprint density at radius 1 is 1.08 bits per heavy atom. The van der Waals surface area contributed by atoms with E-state index in [0.717, 1.165) is 43.4 Å². The smallest absolute Gasteiger partial charge is 0.260 e. The molecule has 4 N–H and O–H groups in total. The first-order valence-electron chi connectivity index (χ1n) is 13.6. The van der Waals surface area contributed by atoms with Crippen LogP contribution in [0.3, 0.4) is 0 Å². The summed E-state index contributed by atoms with van der Waals surface area (Å²) in [4.78, 5) is 17.5. The third-order valence-electron chi connectivity index (χ3n) is 10.1. The summed E-state index contributed by atoms with van der Waals surface area (Å²) in [6, 6.07) is 4.64. The van der Waals surface area contributed by atoms with Crippen molar-refractivity contribution in [3.05, 3.63) is 35.4 Å². The van der Waals surface area contributed by atoms with Crippen LogP contribution in [0.1, 0.15) is 70.8 Å². The van der Waals surface area contributed by atoms with Gasteiger partial charge in [-0.3, -0.25) is 4.79 Å². The average molecular weight is 497 g/mol. The highest BCUT2D eigenvalue weighted by Crippen LogP contribution is 2.65. The molecule has 0 spiro atoms. The molecular weight excluding hydrogens is 456 g/mol. The number of rotatable bonds is 6. The predicted molar refractivity (Wildman–Crippen MR) is 138 cm³/mol. The number of aliphatic hydroxyl groups is 1. The van der Waals surface area contributed by atoms with E-state index in [1.165, 1.54) is 37.0 Å². The predicted octanol–water partition coefficient (Wildman–Crippen LogP) is 4.45. The van der Waals surface area contributed by atoms with Gasteiger partial charge in [-0.1, -0.05) is 30.6 Å². The topological polar surface area (TPSA) is 111 Å². The van der Waals surface area contributed by atoms with Crippen LogP contribution in [0.2, 0.25) is 0 Å². The SMILES string of the molecule is C[C@]12CC[C@H]3[C@@H](CCC4=C/C(=N\OCC(=O)NCCc5ccc(O)c(O)c5)CC[C@@]43C)[C@@H]1CC[C@H]2O. The van der Waals surface area contributed by atoms with Crippen molar-refractivity contribution in [3.63, 3.8) is 0 Å². The number of phenolic OH excluding ortho intramolecular Hbond substituents is 2. The molecule has 4 aliphatic rings. The van der Waals surface area contributed by atoms with Crippen LogP contribution in [0.25, 0.3) is 0 Å². The molecule has 36 heavy (non-hydrogen) atoms. The van der Waals surface area contributed by atoms with Crippen LogP contribution >= 0.6 is 0 Å². The first-order chi connectivity index (χ1) is 17.2. The zero-order chi connectivity index (χ0) is 25.5. The summed E-state index contributed by atoms with van der Waals surface area (Å²) in [6.45, 7) is 5.06. The number of phenols is 2. The molecule has 0 aromatic heterocycles. The van der Waals surface area contributed by atoms with Gasteiger partial charge < -0.3 is 25.5 Å². The molecule has 7 heteroatoms. The number of aromatic hydroxyl groups is 2. The van der Waals surface area contributed by atoms with Crippen molar-refractivity contribution in [2.45, 2.75) is 77.7 Å². The number of nitrogens with one attached hydrogen (secondary N) is 1. The number of amides is 1. The summed E-state index contributed by atoms with van der Waals surface area (Å²) in [6.07, 6.45) is 11.3. The lowest BCUT2D eigenvalue weighted by Gasteiger charge is -2.57. The Labute approximate surface area is 213 Å². The molecule has 196 valence electrons. The van der Waals surface area contributed by atoms with E-state index in [4.69, 9.17) is 4.84 Å². The summed E-state index contributed by atoms with van der Waals surface area (Å²) in [5.41, 5.74) is 3.55. The Kier molecular flexibility index (Phi) is 6.79. The standard InChI is InChI=1S/C29H40N2O5/c1-28-12-9-20(31-36-17-27(35)30-14-11-18-3-7-24(32)25(33)15-18)16-19(28)4-5-21-22-6-8-26(34)29(22,2)13-10-23(21)28/h3,7,15-16,21-23,26,32-34H,4-6,8-14,17H2,1-2H3,(H,30,35)/b31-20-/t21-,22-,23-,26+,28-,29-/m0/s1. The highest BCUT2D eigenvalue weighted by atomic mass is 16.6. The van der Waals surface area contributed by atoms with Crippen LogP contribution in [0, 0.1) is 28.6 Å². The van der Waals surface area contributed by atoms with Gasteiger partial charge in [-0.15, -0.1) is 0 Å². The molecule has 4 aliphatic carbocycles. The van der Waals surface area contributed by atoms with Gasteiger partial charge in [0, 0.05) is 6.54 Å². The minimum Gasteiger partial charge on any atom is -0.504 e. The molecule has 1 aromatic carbocycles. The number of benzene rings is 1. The number of nitrogens with zero attached hydrogens (tertiary/aromatic N) is 1. The van der Waals surface area contributed by atoms with E-state index in [1.54, 1.807) is 6.07 Å². The number of aliphatic hydroxyl groups excluding tert-OH is 1. The molecule has 5 rings (SSSR count). The van der Waals surface area contributed by atoms with Crippen LogP contribution in [0.15, 0.2) is 35.0 Å². The molecule has 1 amide bonds. The van der Waals surface area contributed by atoms with E-state index in [2.05, 4.69) is 30.4 Å². The minimum absolute atomic E-state index is 0.111. The van der Waals surface area contributed by atoms with Crippen LogP contribution in [0.5, 0.6) is 11.5 Å². The van der Waals surface area contributed by atoms with Crippen LogP contribution in [0.4, 0.5) is 0 Å². The van der Waals surface area contributed by atoms with Crippen molar-refractivity contribution < 1.29 is 25.0 Å². The summed E-state index contributed by atoms with van der Waals surface area (Å²) in [7, 11) is 0. The van der Waals surface area contributed by atoms with Crippen molar-refractivity contribution >= 4 is 11.6 Å². The summed E-state index contributed by atoms with van der Waals surface area (Å²) < 4.78 is 0. The van der Waals surface area contributed by atoms with Gasteiger partial charge in [0.1, 0.15) is 0 Å². The lowest BCUT2D eigenvalue weighted by atomic mass is 9.47. The van der Waals surface area contributed by atoms with E-state index in [-0.39, 0.29) is 40.9 Å². The number of hydrogen-bond acceptors (Lipinski definition) is 6. The summed E-state index contributed by atoms with van der Waals surface area (Å²) in [5.74, 6) is 1.50. The second-order valence-electron chi connectivity index (χ2n) is 11.9. The number of carbonyl (C=O) groups excluding carboxylic acids is 1. The number of allylic oxidation sites excluding steroid dienone is 2. The Balaban J connectivity index is 1.13. The van der Waals surface area contributed by atoms with E-state index in [1.807, 2.05) is 0 Å². The number of fused-ring (bicyclic) bond motifs is 5. The molecule has 6 atom stereocenters. The van der Waals surface area contributed by atoms with Crippen molar-refractivity contribution in [1.29, 1.82) is 0 Å². The number of hydrogen-bond donors (Lipinski definition) is 4. The molecule has 3 saturated carbocycles. The maximum Gasteiger partial charge on any atom is 0.260 e. The van der Waals surface area contributed by atoms with Crippen molar-refractivity contribution in [2.75, 3.05) is 13.2 Å². The Morgan fingerprint density at radius 2 is 1.92 bits per heavy atom. The van der Waals surface area contributed by atoms with E-state index < -0.39 is 0 Å². The van der Waals surface area contributed by atoms with Gasteiger partial charge >= 0.3 is 0 Å². The third kappa shape index (κ3) is 4.51. The maximum atomic E-state index is 12.1. The van der Waals surface area contributed by atoms with Gasteiger partial charge in [-0.25, -0.2) is 0 Å². The summed E-state index contributed by atoms with van der Waals surface area (Å²) >= 11 is 0. The lowest BCUT2D eigenvalue weighted by Crippen LogP contribution is -2.51. The quantitative estimate of drug-likeness (QED) is 0.343. The van der Waals surface area contributed by atoms with Crippen molar-refractivity contribution in [1.82, 2.24) is 5.32 Å². The van der Waals surface area contributed by atoms with E-state index in [9.17, 15) is 20.1 Å². The normalized spacial score (nSPS) is 36.4. The Morgan fingerprint density at radius 3 is 2.72 bits per heavy atom. The minimum atomic E-state index is -0.236. The van der Waals surface area contributed by atoms with Gasteiger partial charge in [0.05, 0.1) is 11.8 Å². The average Bonchev–Trinajstić information content (AvgIpc) is 3.16. The fourth-order valence-corrected chi connectivity index (χ4v) is 7.91. The van der Waals surface area contributed by atoms with E-state index in [0.29, 0.717) is 30.7 Å². The molecule has 0 radical (unpaired) electrons. The fraction of sp³-hybridized carbons (Fsp3) is 0.655. The molecule has 1 aromatic rings. The molecule has 3 fully saturated rings. The van der Waals surface area contributed by atoms with Crippen LogP contribution in [-0.4, -0.2) is 46.2 Å². The first kappa shape index (κ1) is 25.1. The zero-order valence-corrected chi connectivity index (χ0v) is 21.5. The first-order valence-corrected chi connectivity index (χ1v) is 13.6. The van der Waals surface area contributed by atoms with Crippen LogP contribution < -0.4 is 5.32 Å². The second-order valence-corrected chi connectivity index (χ2v) is 11.9. The van der Waals surface area contributed by atoms with Gasteiger partial charge in [0.15, 0.2) is 18.1 Å². The summed E-state index contributed by atoms with van der Waals surface area (Å²) in [5, 5.41) is 36.7. The maximum absolute atomic E-state index is 12.1. The highest BCUT2D eigenvalue weighted by Gasteiger charge is 2.58. The van der Waals surface area contributed by atoms with Gasteiger partial charge in [-0.05, 0) is 110 Å². The highest BCUT2D eigenvalue weighted by molar-refractivity contribution is 5.96. The third-order valence-corrected chi connectivity index (χ3v) is 10.1. The zero-order valence-electron chi connectivity index (χ0n) is 21.5. The van der Waals surface area contributed by atoms with Crippen molar-refractivity contribution in [2.24, 2.45) is 33.7 Å². The largest absolute Gasteiger partial charge is 0.504 e. The molecule has 0 saturated heterocycles. The molecule has 0 bridgehead atoms. The number of oxime groups is 1. The van der Waals surface area contributed by atoms with Crippen LogP contribution in [-0.2, 0) is 16.1 Å². The monoisotopic (exact) mass is 496 g/mol. The molecule has 0 unspecified atom stereocenters. The van der Waals surface area contributed by atoms with Crippen molar-refractivity contribution in [3.8, 4) is 11.5 Å². The Hall–Kier alpha value is -2.54. The molecule has 0 heterocycles. The van der Waals surface area contributed by atoms with Gasteiger partial charge in [-0.2, -0.15) is 0 Å². The molecule has 7 nitrogen and oxygen atoms in total. The fourth-order valence-electron chi connectivity index (χ4n) is 7.91. The Bertz CT molecular complexity index is 1070. The van der Waals surface area contributed by atoms with Gasteiger partial charge in [0.2, 0.25) is 0 Å². The molecule has 0 aliphatic heterocycles. The van der Waals surface area contributed by atoms with E-state index >= 15 is 0 Å². The molecular formula is C29H40N2O5.